The zero-order valence-electron chi connectivity index (χ0n) is 14.0. The van der Waals surface area contributed by atoms with Gasteiger partial charge in [-0.05, 0) is 40.9 Å². The zero-order valence-corrected chi connectivity index (χ0v) is 15.6. The van der Waals surface area contributed by atoms with Crippen LogP contribution < -0.4 is 10.2 Å². The molecule has 26 heavy (non-hydrogen) atoms. The van der Waals surface area contributed by atoms with E-state index in [2.05, 4.69) is 26.5 Å². The number of para-hydroxylation sites is 1. The number of hydrazone groups is 1. The van der Waals surface area contributed by atoms with E-state index in [-0.39, 0.29) is 28.1 Å². The molecule has 9 heteroatoms. The Labute approximate surface area is 157 Å². The van der Waals surface area contributed by atoms with Gasteiger partial charge < -0.3 is 9.84 Å². The van der Waals surface area contributed by atoms with Gasteiger partial charge in [-0.25, -0.2) is 5.43 Å². The molecule has 0 saturated heterocycles. The summed E-state index contributed by atoms with van der Waals surface area (Å²) in [5, 5.41) is 24.4. The molecular formula is C17H16BrN3O5. The van der Waals surface area contributed by atoms with Crippen molar-refractivity contribution in [1.82, 2.24) is 5.43 Å². The van der Waals surface area contributed by atoms with Crippen LogP contribution in [0.4, 0.5) is 5.69 Å². The van der Waals surface area contributed by atoms with Crippen LogP contribution in [-0.2, 0) is 4.79 Å². The van der Waals surface area contributed by atoms with Crippen LogP contribution in [-0.4, -0.2) is 28.8 Å². The molecule has 2 N–H and O–H groups in total. The van der Waals surface area contributed by atoms with E-state index < -0.39 is 10.8 Å². The highest BCUT2D eigenvalue weighted by Crippen LogP contribution is 2.31. The number of halogens is 1. The van der Waals surface area contributed by atoms with E-state index >= 15 is 0 Å². The molecule has 0 fully saturated rings. The molecule has 2 aromatic rings. The van der Waals surface area contributed by atoms with Crippen molar-refractivity contribution in [3.8, 4) is 11.5 Å². The van der Waals surface area contributed by atoms with Gasteiger partial charge in [-0.15, -0.1) is 0 Å². The van der Waals surface area contributed by atoms with Crippen molar-refractivity contribution < 1.29 is 19.6 Å². The number of phenolic OH excluding ortho intramolecular Hbond substituents is 1. The van der Waals surface area contributed by atoms with Crippen LogP contribution in [0.3, 0.4) is 0 Å². The summed E-state index contributed by atoms with van der Waals surface area (Å²) in [6, 6.07) is 7.96. The molecular weight excluding hydrogens is 406 g/mol. The number of amides is 1. The third kappa shape index (κ3) is 4.79. The Morgan fingerprint density at radius 3 is 2.65 bits per heavy atom. The van der Waals surface area contributed by atoms with Crippen molar-refractivity contribution in [3.05, 3.63) is 61.6 Å². The molecule has 0 aliphatic carbocycles. The van der Waals surface area contributed by atoms with Crippen LogP contribution in [0.2, 0.25) is 0 Å². The summed E-state index contributed by atoms with van der Waals surface area (Å²) in [5.74, 6) is -0.0971. The average Bonchev–Trinajstić information content (AvgIpc) is 2.57. The number of hydrogen-bond acceptors (Lipinski definition) is 6. The number of phenols is 1. The van der Waals surface area contributed by atoms with E-state index in [0.717, 1.165) is 23.4 Å². The van der Waals surface area contributed by atoms with Gasteiger partial charge >= 0.3 is 0 Å². The van der Waals surface area contributed by atoms with E-state index in [1.54, 1.807) is 0 Å². The lowest BCUT2D eigenvalue weighted by atomic mass is 10.1. The fourth-order valence-electron chi connectivity index (χ4n) is 2.18. The van der Waals surface area contributed by atoms with E-state index in [9.17, 15) is 20.0 Å². The van der Waals surface area contributed by atoms with Gasteiger partial charge in [0.05, 0.1) is 15.6 Å². The molecule has 0 saturated carbocycles. The van der Waals surface area contributed by atoms with Crippen LogP contribution in [0.1, 0.15) is 16.7 Å². The largest absolute Gasteiger partial charge is 0.506 e. The lowest BCUT2D eigenvalue weighted by Gasteiger charge is -2.10. The van der Waals surface area contributed by atoms with E-state index in [1.165, 1.54) is 6.07 Å². The van der Waals surface area contributed by atoms with Crippen LogP contribution in [0.15, 0.2) is 39.9 Å². The highest BCUT2D eigenvalue weighted by atomic mass is 79.9. The number of rotatable bonds is 6. The first kappa shape index (κ1) is 19.4. The number of aromatic hydroxyl groups is 1. The molecule has 0 spiro atoms. The quantitative estimate of drug-likeness (QED) is 0.422. The second-order valence-electron chi connectivity index (χ2n) is 5.43. The fraction of sp³-hybridized carbons (Fsp3) is 0.176. The lowest BCUT2D eigenvalue weighted by molar-refractivity contribution is -0.385. The first-order valence-electron chi connectivity index (χ1n) is 7.47. The third-order valence-electron chi connectivity index (χ3n) is 3.44. The highest BCUT2D eigenvalue weighted by molar-refractivity contribution is 9.10. The van der Waals surface area contributed by atoms with Crippen molar-refractivity contribution in [2.24, 2.45) is 5.10 Å². The second-order valence-corrected chi connectivity index (χ2v) is 6.28. The Morgan fingerprint density at radius 2 is 2.04 bits per heavy atom. The number of carbonyl (C=O) groups is 1. The maximum Gasteiger partial charge on any atom is 0.277 e. The standard InChI is InChI=1S/C17H16BrN3O5/c1-10-4-3-5-11(2)17(10)26-9-15(22)20-19-8-12-6-13(21(24)25)7-14(18)16(12)23/h3-8,23H,9H2,1-2H3,(H,20,22). The topological polar surface area (TPSA) is 114 Å². The number of nitrogens with zero attached hydrogens (tertiary/aromatic N) is 2. The number of hydrogen-bond donors (Lipinski definition) is 2. The monoisotopic (exact) mass is 421 g/mol. The van der Waals surface area contributed by atoms with Gasteiger partial charge in [0.1, 0.15) is 11.5 Å². The molecule has 0 unspecified atom stereocenters. The minimum Gasteiger partial charge on any atom is -0.506 e. The molecule has 1 amide bonds. The predicted octanol–water partition coefficient (Wildman–Crippen LogP) is 3.21. The lowest BCUT2D eigenvalue weighted by Crippen LogP contribution is -2.25. The van der Waals surface area contributed by atoms with Crippen molar-refractivity contribution in [3.63, 3.8) is 0 Å². The number of nitro groups is 1. The van der Waals surface area contributed by atoms with Crippen molar-refractivity contribution in [2.45, 2.75) is 13.8 Å². The molecule has 136 valence electrons. The number of non-ortho nitro benzene ring substituents is 1. The Morgan fingerprint density at radius 1 is 1.38 bits per heavy atom. The fourth-order valence-corrected chi connectivity index (χ4v) is 2.64. The van der Waals surface area contributed by atoms with Crippen LogP contribution in [0.5, 0.6) is 11.5 Å². The van der Waals surface area contributed by atoms with Gasteiger partial charge in [0.15, 0.2) is 6.61 Å². The van der Waals surface area contributed by atoms with Gasteiger partial charge in [0.2, 0.25) is 0 Å². The molecule has 0 atom stereocenters. The summed E-state index contributed by atoms with van der Waals surface area (Å²) in [4.78, 5) is 22.1. The summed E-state index contributed by atoms with van der Waals surface area (Å²) < 4.78 is 5.64. The average molecular weight is 422 g/mol. The second kappa shape index (κ2) is 8.43. The number of ether oxygens (including phenoxy) is 1. The van der Waals surface area contributed by atoms with E-state index in [4.69, 9.17) is 4.74 Å². The number of benzene rings is 2. The Bertz CT molecular complexity index is 863. The Balaban J connectivity index is 2.00. The number of aryl methyl sites for hydroxylation is 2. The van der Waals surface area contributed by atoms with Crippen molar-refractivity contribution >= 4 is 33.7 Å². The van der Waals surface area contributed by atoms with Crippen molar-refractivity contribution in [2.75, 3.05) is 6.61 Å². The summed E-state index contributed by atoms with van der Waals surface area (Å²) in [5.41, 5.74) is 3.93. The molecule has 0 radical (unpaired) electrons. The molecule has 2 aromatic carbocycles. The number of carbonyl (C=O) groups excluding carboxylic acids is 1. The van der Waals surface area contributed by atoms with E-state index in [1.807, 2.05) is 32.0 Å². The van der Waals surface area contributed by atoms with Crippen molar-refractivity contribution in [1.29, 1.82) is 0 Å². The minimum atomic E-state index is -0.599. The molecule has 0 heterocycles. The first-order chi connectivity index (χ1) is 12.3. The van der Waals surface area contributed by atoms with Crippen LogP contribution in [0.25, 0.3) is 0 Å². The van der Waals surface area contributed by atoms with Gasteiger partial charge in [0, 0.05) is 17.7 Å². The maximum atomic E-state index is 11.8. The predicted molar refractivity (Wildman–Crippen MR) is 99.6 cm³/mol. The summed E-state index contributed by atoms with van der Waals surface area (Å²) in [6.45, 7) is 3.51. The van der Waals surface area contributed by atoms with Crippen LogP contribution in [0, 0.1) is 24.0 Å². The van der Waals surface area contributed by atoms with Gasteiger partial charge in [-0.3, -0.25) is 14.9 Å². The van der Waals surface area contributed by atoms with Gasteiger partial charge in [0.25, 0.3) is 11.6 Å². The minimum absolute atomic E-state index is 0.0852. The molecule has 2 rings (SSSR count). The smallest absolute Gasteiger partial charge is 0.277 e. The SMILES string of the molecule is Cc1cccc(C)c1OCC(=O)NN=Cc1cc([N+](=O)[O-])cc(Br)c1O. The molecule has 0 aliphatic rings. The number of nitro benzene ring substituents is 1. The normalized spacial score (nSPS) is 10.7. The van der Waals surface area contributed by atoms with Crippen LogP contribution >= 0.6 is 15.9 Å². The van der Waals surface area contributed by atoms with E-state index in [0.29, 0.717) is 5.75 Å². The number of nitrogens with one attached hydrogen (secondary N) is 1. The molecule has 0 aromatic heterocycles. The summed E-state index contributed by atoms with van der Waals surface area (Å²) in [6.07, 6.45) is 1.12. The Kier molecular flexibility index (Phi) is 6.29. The molecule has 8 nitrogen and oxygen atoms in total. The zero-order chi connectivity index (χ0) is 19.3. The maximum absolute atomic E-state index is 11.8. The third-order valence-corrected chi connectivity index (χ3v) is 4.04. The highest BCUT2D eigenvalue weighted by Gasteiger charge is 2.13. The molecule has 0 bridgehead atoms. The Hall–Kier alpha value is -2.94. The summed E-state index contributed by atoms with van der Waals surface area (Å²) in [7, 11) is 0. The molecule has 0 aliphatic heterocycles. The van der Waals surface area contributed by atoms with Gasteiger partial charge in [-0.1, -0.05) is 18.2 Å². The first-order valence-corrected chi connectivity index (χ1v) is 8.26. The summed E-state index contributed by atoms with van der Waals surface area (Å²) >= 11 is 3.03. The van der Waals surface area contributed by atoms with Gasteiger partial charge in [-0.2, -0.15) is 5.10 Å².